The van der Waals surface area contributed by atoms with Crippen molar-refractivity contribution >= 4 is 39.5 Å². The van der Waals surface area contributed by atoms with Crippen molar-refractivity contribution in [3.8, 4) is 5.75 Å². The summed E-state index contributed by atoms with van der Waals surface area (Å²) >= 11 is 9.09. The molecule has 1 rings (SSSR count). The zero-order chi connectivity index (χ0) is 13.0. The molecule has 0 fully saturated rings. The largest absolute Gasteiger partial charge is 0.461 e. The normalized spacial score (nSPS) is 9.88. The first-order valence-electron chi connectivity index (χ1n) is 4.70. The van der Waals surface area contributed by atoms with Crippen molar-refractivity contribution in [3.05, 3.63) is 27.2 Å². The van der Waals surface area contributed by atoms with E-state index in [0.29, 0.717) is 20.8 Å². The van der Waals surface area contributed by atoms with Crippen LogP contribution in [-0.2, 0) is 20.9 Å². The zero-order valence-electron chi connectivity index (χ0n) is 9.25. The van der Waals surface area contributed by atoms with Crippen LogP contribution in [-0.4, -0.2) is 11.9 Å². The van der Waals surface area contributed by atoms with Crippen molar-refractivity contribution in [2.24, 2.45) is 0 Å². The molecular formula is C11H10BrClO4. The summed E-state index contributed by atoms with van der Waals surface area (Å²) in [6, 6.07) is 3.17. The van der Waals surface area contributed by atoms with Gasteiger partial charge in [-0.1, -0.05) is 11.6 Å². The molecule has 0 radical (unpaired) electrons. The fourth-order valence-corrected chi connectivity index (χ4v) is 2.11. The number of hydrogen-bond donors (Lipinski definition) is 0. The predicted octanol–water partition coefficient (Wildman–Crippen LogP) is 3.09. The van der Waals surface area contributed by atoms with Crippen LogP contribution in [0.3, 0.4) is 0 Å². The van der Waals surface area contributed by atoms with Gasteiger partial charge in [-0.3, -0.25) is 9.59 Å². The van der Waals surface area contributed by atoms with Crippen LogP contribution in [0.2, 0.25) is 5.02 Å². The number of benzene rings is 1. The molecule has 0 N–H and O–H groups in total. The Kier molecular flexibility index (Phi) is 4.96. The number of hydrogen-bond acceptors (Lipinski definition) is 4. The topological polar surface area (TPSA) is 52.6 Å². The maximum Gasteiger partial charge on any atom is 0.308 e. The summed E-state index contributed by atoms with van der Waals surface area (Å²) in [7, 11) is 0. The first-order valence-corrected chi connectivity index (χ1v) is 5.87. The number of ether oxygens (including phenoxy) is 2. The second-order valence-electron chi connectivity index (χ2n) is 3.25. The van der Waals surface area contributed by atoms with Crippen LogP contribution in [0.5, 0.6) is 5.75 Å². The molecule has 6 heteroatoms. The summed E-state index contributed by atoms with van der Waals surface area (Å²) in [6.45, 7) is 2.58. The lowest BCUT2D eigenvalue weighted by Gasteiger charge is -2.11. The van der Waals surface area contributed by atoms with Gasteiger partial charge in [-0.15, -0.1) is 0 Å². The van der Waals surface area contributed by atoms with Gasteiger partial charge in [-0.25, -0.2) is 0 Å². The Balaban J connectivity index is 3.06. The summed E-state index contributed by atoms with van der Waals surface area (Å²) in [6.07, 6.45) is 0. The molecule has 0 atom stereocenters. The number of carbonyl (C=O) groups excluding carboxylic acids is 2. The second-order valence-corrected chi connectivity index (χ2v) is 4.54. The lowest BCUT2D eigenvalue weighted by atomic mass is 10.2. The van der Waals surface area contributed by atoms with E-state index in [-0.39, 0.29) is 6.61 Å². The number of rotatable bonds is 3. The van der Waals surface area contributed by atoms with E-state index in [4.69, 9.17) is 21.1 Å². The molecule has 0 spiro atoms. The summed E-state index contributed by atoms with van der Waals surface area (Å²) in [5.41, 5.74) is 0.523. The molecule has 0 saturated carbocycles. The minimum Gasteiger partial charge on any atom is -0.461 e. The molecule has 0 unspecified atom stereocenters. The molecule has 0 amide bonds. The van der Waals surface area contributed by atoms with Crippen LogP contribution in [0.15, 0.2) is 16.6 Å². The average Bonchev–Trinajstić information content (AvgIpc) is 2.18. The fraction of sp³-hybridized carbons (Fsp3) is 0.273. The van der Waals surface area contributed by atoms with Crippen molar-refractivity contribution in [2.45, 2.75) is 20.5 Å². The lowest BCUT2D eigenvalue weighted by molar-refractivity contribution is -0.142. The van der Waals surface area contributed by atoms with Gasteiger partial charge in [0, 0.05) is 24.4 Å². The van der Waals surface area contributed by atoms with E-state index >= 15 is 0 Å². The van der Waals surface area contributed by atoms with E-state index < -0.39 is 11.9 Å². The van der Waals surface area contributed by atoms with Gasteiger partial charge in [0.05, 0.1) is 4.47 Å². The maximum absolute atomic E-state index is 11.0. The minimum atomic E-state index is -0.461. The third-order valence-electron chi connectivity index (χ3n) is 1.76. The zero-order valence-corrected chi connectivity index (χ0v) is 11.6. The maximum atomic E-state index is 11.0. The van der Waals surface area contributed by atoms with Gasteiger partial charge in [-0.2, -0.15) is 0 Å². The molecule has 0 heterocycles. The summed E-state index contributed by atoms with van der Waals surface area (Å²) in [4.78, 5) is 21.7. The van der Waals surface area contributed by atoms with Crippen molar-refractivity contribution in [2.75, 3.05) is 0 Å². The summed E-state index contributed by atoms with van der Waals surface area (Å²) in [5, 5.41) is 0.454. The average molecular weight is 322 g/mol. The van der Waals surface area contributed by atoms with E-state index in [2.05, 4.69) is 15.9 Å². The summed E-state index contributed by atoms with van der Waals surface area (Å²) < 4.78 is 10.4. The Hall–Kier alpha value is -1.07. The van der Waals surface area contributed by atoms with Gasteiger partial charge < -0.3 is 9.47 Å². The predicted molar refractivity (Wildman–Crippen MR) is 65.9 cm³/mol. The van der Waals surface area contributed by atoms with Crippen LogP contribution < -0.4 is 4.74 Å². The van der Waals surface area contributed by atoms with E-state index in [1.165, 1.54) is 13.8 Å². The van der Waals surface area contributed by atoms with Gasteiger partial charge in [-0.05, 0) is 28.1 Å². The van der Waals surface area contributed by atoms with E-state index in [1.807, 2.05) is 0 Å². The highest BCUT2D eigenvalue weighted by Gasteiger charge is 2.13. The van der Waals surface area contributed by atoms with Crippen LogP contribution >= 0.6 is 27.5 Å². The molecule has 0 bridgehead atoms. The van der Waals surface area contributed by atoms with Gasteiger partial charge in [0.1, 0.15) is 6.61 Å². The van der Waals surface area contributed by atoms with Gasteiger partial charge in [0.25, 0.3) is 0 Å². The first kappa shape index (κ1) is 14.0. The molecule has 0 aromatic heterocycles. The van der Waals surface area contributed by atoms with Crippen molar-refractivity contribution in [1.82, 2.24) is 0 Å². The fourth-order valence-electron chi connectivity index (χ4n) is 1.16. The van der Waals surface area contributed by atoms with Crippen molar-refractivity contribution in [3.63, 3.8) is 0 Å². The summed E-state index contributed by atoms with van der Waals surface area (Å²) in [5.74, 6) is -0.574. The lowest BCUT2D eigenvalue weighted by Crippen LogP contribution is -2.07. The van der Waals surface area contributed by atoms with Crippen molar-refractivity contribution in [1.29, 1.82) is 0 Å². The highest BCUT2D eigenvalue weighted by molar-refractivity contribution is 9.10. The van der Waals surface area contributed by atoms with Crippen molar-refractivity contribution < 1.29 is 19.1 Å². The SMILES string of the molecule is CC(=O)OCc1cc(Cl)cc(Br)c1OC(C)=O. The van der Waals surface area contributed by atoms with Crippen LogP contribution in [0.4, 0.5) is 0 Å². The van der Waals surface area contributed by atoms with Crippen LogP contribution in [0.25, 0.3) is 0 Å². The second kappa shape index (κ2) is 6.02. The van der Waals surface area contributed by atoms with E-state index in [0.717, 1.165) is 0 Å². The molecule has 1 aromatic rings. The number of esters is 2. The monoisotopic (exact) mass is 320 g/mol. The smallest absolute Gasteiger partial charge is 0.308 e. The van der Waals surface area contributed by atoms with Gasteiger partial charge in [0.2, 0.25) is 0 Å². The number of halogens is 2. The molecule has 0 aliphatic heterocycles. The number of carbonyl (C=O) groups is 2. The molecule has 92 valence electrons. The third kappa shape index (κ3) is 4.36. The molecule has 1 aromatic carbocycles. The van der Waals surface area contributed by atoms with E-state index in [1.54, 1.807) is 12.1 Å². The highest BCUT2D eigenvalue weighted by atomic mass is 79.9. The third-order valence-corrected chi connectivity index (χ3v) is 2.57. The molecular weight excluding hydrogens is 311 g/mol. The Labute approximate surface area is 112 Å². The van der Waals surface area contributed by atoms with E-state index in [9.17, 15) is 9.59 Å². The Morgan fingerprint density at radius 1 is 1.29 bits per heavy atom. The molecule has 17 heavy (non-hydrogen) atoms. The standard InChI is InChI=1S/C11H10BrClO4/c1-6(14)16-5-8-3-9(13)4-10(12)11(8)17-7(2)15/h3-4H,5H2,1-2H3. The molecule has 0 aliphatic carbocycles. The highest BCUT2D eigenvalue weighted by Crippen LogP contribution is 2.33. The quantitative estimate of drug-likeness (QED) is 0.634. The molecule has 0 aliphatic rings. The van der Waals surface area contributed by atoms with Crippen LogP contribution in [0, 0.1) is 0 Å². The van der Waals surface area contributed by atoms with Gasteiger partial charge in [0.15, 0.2) is 5.75 Å². The van der Waals surface area contributed by atoms with Crippen LogP contribution in [0.1, 0.15) is 19.4 Å². The van der Waals surface area contributed by atoms with Gasteiger partial charge >= 0.3 is 11.9 Å². The molecule has 0 saturated heterocycles. The Morgan fingerprint density at radius 3 is 2.47 bits per heavy atom. The Morgan fingerprint density at radius 2 is 1.94 bits per heavy atom. The molecule has 4 nitrogen and oxygen atoms in total. The first-order chi connectivity index (χ1) is 7.90. The minimum absolute atomic E-state index is 0.00287. The Bertz CT molecular complexity index is 459.